The Labute approximate surface area is 254 Å². The molecule has 1 saturated heterocycles. The zero-order chi connectivity index (χ0) is 30.1. The first-order valence-corrected chi connectivity index (χ1v) is 14.1. The molecule has 3 N–H and O–H groups in total. The molecule has 8 nitrogen and oxygen atoms in total. The Bertz CT molecular complexity index is 1870. The van der Waals surface area contributed by atoms with Crippen LogP contribution in [0.3, 0.4) is 0 Å². The third-order valence-electron chi connectivity index (χ3n) is 7.33. The quantitative estimate of drug-likeness (QED) is 0.175. The van der Waals surface area contributed by atoms with Crippen molar-refractivity contribution in [1.29, 1.82) is 5.26 Å². The van der Waals surface area contributed by atoms with Crippen molar-refractivity contribution in [2.24, 2.45) is 0 Å². The van der Waals surface area contributed by atoms with E-state index in [0.29, 0.717) is 39.2 Å². The van der Waals surface area contributed by atoms with E-state index in [1.807, 2.05) is 0 Å². The minimum absolute atomic E-state index is 0.0887. The van der Waals surface area contributed by atoms with Gasteiger partial charge in [0.05, 0.1) is 45.1 Å². The van der Waals surface area contributed by atoms with Gasteiger partial charge in [-0.25, -0.2) is 17.9 Å². The second-order valence-electron chi connectivity index (χ2n) is 10.1. The Kier molecular flexibility index (Phi) is 8.08. The molecule has 5 aromatic rings. The van der Waals surface area contributed by atoms with Crippen LogP contribution in [0.1, 0.15) is 41.7 Å². The minimum atomic E-state index is -1.00. The lowest BCUT2D eigenvalue weighted by molar-refractivity contribution is 0.337. The molecule has 6 rings (SSSR count). The van der Waals surface area contributed by atoms with E-state index in [1.165, 1.54) is 30.5 Å². The summed E-state index contributed by atoms with van der Waals surface area (Å²) in [6.07, 6.45) is 4.96. The molecular weight excluding hydrogens is 600 g/mol. The Morgan fingerprint density at radius 2 is 1.72 bits per heavy atom. The highest BCUT2D eigenvalue weighted by atomic mass is 35.5. The van der Waals surface area contributed by atoms with Crippen LogP contribution >= 0.6 is 23.2 Å². The molecule has 1 fully saturated rings. The average molecular weight is 623 g/mol. The molecule has 0 aliphatic carbocycles. The van der Waals surface area contributed by atoms with Gasteiger partial charge in [-0.15, -0.1) is 5.10 Å². The smallest absolute Gasteiger partial charge is 0.159 e. The van der Waals surface area contributed by atoms with Crippen molar-refractivity contribution in [2.75, 3.05) is 23.7 Å². The van der Waals surface area contributed by atoms with Gasteiger partial charge in [-0.05, 0) is 74.0 Å². The Hall–Kier alpha value is -4.37. The molecule has 2 aromatic heterocycles. The molecule has 3 heterocycles. The van der Waals surface area contributed by atoms with Crippen molar-refractivity contribution in [3.63, 3.8) is 0 Å². The van der Waals surface area contributed by atoms with Gasteiger partial charge in [0.15, 0.2) is 11.6 Å². The van der Waals surface area contributed by atoms with E-state index in [-0.39, 0.29) is 21.7 Å². The summed E-state index contributed by atoms with van der Waals surface area (Å²) in [6.45, 7) is 1.72. The normalized spacial score (nSPS) is 14.4. The van der Waals surface area contributed by atoms with Gasteiger partial charge >= 0.3 is 0 Å². The number of nitrogens with zero attached hydrogens (tertiary/aromatic N) is 5. The first-order chi connectivity index (χ1) is 20.8. The van der Waals surface area contributed by atoms with Crippen LogP contribution in [-0.2, 0) is 0 Å². The molecule has 0 radical (unpaired) electrons. The van der Waals surface area contributed by atoms with Gasteiger partial charge < -0.3 is 16.0 Å². The summed E-state index contributed by atoms with van der Waals surface area (Å²) >= 11 is 12.7. The summed E-state index contributed by atoms with van der Waals surface area (Å²) in [5, 5.41) is 29.0. The van der Waals surface area contributed by atoms with Gasteiger partial charge in [0.2, 0.25) is 0 Å². The fourth-order valence-electron chi connectivity index (χ4n) is 5.14. The zero-order valence-corrected chi connectivity index (χ0v) is 23.9. The van der Waals surface area contributed by atoms with Crippen LogP contribution in [0.5, 0.6) is 0 Å². The highest BCUT2D eigenvalue weighted by Crippen LogP contribution is 2.37. The topological polar surface area (TPSA) is 103 Å². The maximum Gasteiger partial charge on any atom is 0.159 e. The number of nitriles is 1. The summed E-state index contributed by atoms with van der Waals surface area (Å²) < 4.78 is 43.9. The summed E-state index contributed by atoms with van der Waals surface area (Å²) in [5.74, 6) is -2.55. The van der Waals surface area contributed by atoms with Gasteiger partial charge in [-0.2, -0.15) is 5.26 Å². The number of piperidine rings is 1. The fraction of sp³-hybridized carbons (Fsp3) is 0.200. The number of benzene rings is 3. The van der Waals surface area contributed by atoms with Gasteiger partial charge in [-0.3, -0.25) is 4.98 Å². The van der Waals surface area contributed by atoms with Crippen LogP contribution < -0.4 is 16.0 Å². The van der Waals surface area contributed by atoms with E-state index >= 15 is 0 Å². The first-order valence-electron chi connectivity index (χ1n) is 13.4. The highest BCUT2D eigenvalue weighted by Gasteiger charge is 2.24. The van der Waals surface area contributed by atoms with Crippen molar-refractivity contribution in [3.05, 3.63) is 105 Å². The lowest BCUT2D eigenvalue weighted by Crippen LogP contribution is -2.29. The number of pyridine rings is 1. The average Bonchev–Trinajstić information content (AvgIpc) is 3.50. The molecule has 1 aliphatic heterocycles. The molecular formula is C30H23Cl2F3N8. The molecule has 1 aliphatic rings. The second-order valence-corrected chi connectivity index (χ2v) is 10.9. The minimum Gasteiger partial charge on any atom is -0.373 e. The maximum atomic E-state index is 14.4. The number of fused-ring (bicyclic) bond motifs is 1. The van der Waals surface area contributed by atoms with Crippen molar-refractivity contribution >= 4 is 51.2 Å². The molecule has 0 saturated carbocycles. The van der Waals surface area contributed by atoms with Crippen LogP contribution in [0.25, 0.3) is 10.9 Å². The van der Waals surface area contributed by atoms with E-state index in [1.54, 1.807) is 23.0 Å². The molecule has 0 bridgehead atoms. The van der Waals surface area contributed by atoms with Crippen molar-refractivity contribution in [3.8, 4) is 6.07 Å². The summed E-state index contributed by atoms with van der Waals surface area (Å²) in [6, 6.07) is 12.7. The summed E-state index contributed by atoms with van der Waals surface area (Å²) in [4.78, 5) is 4.37. The van der Waals surface area contributed by atoms with Crippen molar-refractivity contribution in [1.82, 2.24) is 25.3 Å². The molecule has 0 spiro atoms. The Morgan fingerprint density at radius 1 is 0.953 bits per heavy atom. The van der Waals surface area contributed by atoms with Crippen molar-refractivity contribution in [2.45, 2.75) is 24.9 Å². The van der Waals surface area contributed by atoms with Crippen LogP contribution in [0.15, 0.2) is 60.9 Å². The predicted octanol–water partition coefficient (Wildman–Crippen LogP) is 7.29. The molecule has 3 aromatic carbocycles. The van der Waals surface area contributed by atoms with Crippen LogP contribution in [0.4, 0.5) is 30.2 Å². The van der Waals surface area contributed by atoms with E-state index in [0.717, 1.165) is 38.1 Å². The lowest BCUT2D eigenvalue weighted by Gasteiger charge is -2.22. The maximum absolute atomic E-state index is 14.4. The fourth-order valence-corrected chi connectivity index (χ4v) is 5.59. The van der Waals surface area contributed by atoms with E-state index < -0.39 is 23.5 Å². The molecule has 43 heavy (non-hydrogen) atoms. The third-order valence-corrected chi connectivity index (χ3v) is 7.91. The zero-order valence-electron chi connectivity index (χ0n) is 22.4. The van der Waals surface area contributed by atoms with E-state index in [2.05, 4.69) is 37.3 Å². The number of hydrogen-bond donors (Lipinski definition) is 3. The number of rotatable bonds is 7. The van der Waals surface area contributed by atoms with Gasteiger partial charge in [0, 0.05) is 23.0 Å². The standard InChI is InChI=1S/C30H23Cl2F3N8/c31-22-11-18(2-4-24(22)33)39-28-17(13-36)14-38-30-21(28)10-19(12-23(30)32)40-29(16-1-3-25(34)26(35)9-16)27-15-43(42-41-27)20-5-7-37-8-6-20/h1-4,9-12,14-15,20,29,37,40H,5-8H2,(H,38,39). The van der Waals surface area contributed by atoms with Crippen molar-refractivity contribution < 1.29 is 13.2 Å². The molecule has 1 atom stereocenters. The Morgan fingerprint density at radius 3 is 2.47 bits per heavy atom. The van der Waals surface area contributed by atoms with Gasteiger partial charge in [0.1, 0.15) is 17.6 Å². The third kappa shape index (κ3) is 5.95. The van der Waals surface area contributed by atoms with E-state index in [9.17, 15) is 18.4 Å². The molecule has 218 valence electrons. The number of aromatic nitrogens is 4. The number of anilines is 3. The largest absolute Gasteiger partial charge is 0.373 e. The number of hydrogen-bond acceptors (Lipinski definition) is 7. The highest BCUT2D eigenvalue weighted by molar-refractivity contribution is 6.36. The number of halogens is 5. The Balaban J connectivity index is 1.43. The lowest BCUT2D eigenvalue weighted by atomic mass is 10.0. The SMILES string of the molecule is N#Cc1cnc2c(Cl)cc(NC(c3ccc(F)c(F)c3)c3cn(C4CCNCC4)nn3)cc2c1Nc1ccc(F)c(Cl)c1. The first kappa shape index (κ1) is 28.7. The second kappa shape index (κ2) is 12.1. The summed E-state index contributed by atoms with van der Waals surface area (Å²) in [5.41, 5.74) is 2.83. The van der Waals surface area contributed by atoms with E-state index in [4.69, 9.17) is 23.2 Å². The summed E-state index contributed by atoms with van der Waals surface area (Å²) in [7, 11) is 0. The predicted molar refractivity (Wildman–Crippen MR) is 159 cm³/mol. The monoisotopic (exact) mass is 622 g/mol. The molecule has 0 amide bonds. The van der Waals surface area contributed by atoms with Crippen LogP contribution in [0.2, 0.25) is 10.0 Å². The molecule has 13 heteroatoms. The van der Waals surface area contributed by atoms with Crippen LogP contribution in [0, 0.1) is 28.8 Å². The van der Waals surface area contributed by atoms with Gasteiger partial charge in [0.25, 0.3) is 0 Å². The van der Waals surface area contributed by atoms with Gasteiger partial charge in [-0.1, -0.05) is 34.5 Å². The molecule has 1 unspecified atom stereocenters. The number of nitrogens with one attached hydrogen (secondary N) is 3. The van der Waals surface area contributed by atoms with Crippen LogP contribution in [-0.4, -0.2) is 33.1 Å².